The molecule has 2 saturated heterocycles. The van der Waals surface area contributed by atoms with Gasteiger partial charge in [-0.2, -0.15) is 0 Å². The molecule has 2 aromatic carbocycles. The lowest BCUT2D eigenvalue weighted by molar-refractivity contribution is 0.0858. The number of likely N-dealkylation sites (tertiary alicyclic amines) is 2. The average Bonchev–Trinajstić information content (AvgIpc) is 3.06. The topological polar surface area (TPSA) is 15.7 Å². The summed E-state index contributed by atoms with van der Waals surface area (Å²) in [7, 11) is 1.70. The summed E-state index contributed by atoms with van der Waals surface area (Å²) in [5.74, 6) is 0.831. The van der Waals surface area contributed by atoms with Crippen molar-refractivity contribution < 1.29 is 9.13 Å². The van der Waals surface area contributed by atoms with Gasteiger partial charge in [0, 0.05) is 31.7 Å². The van der Waals surface area contributed by atoms with Gasteiger partial charge in [0.15, 0.2) is 0 Å². The van der Waals surface area contributed by atoms with Crippen LogP contribution in [0.2, 0.25) is 0 Å². The Hall–Kier alpha value is -1.91. The van der Waals surface area contributed by atoms with Crippen molar-refractivity contribution in [2.24, 2.45) is 5.41 Å². The molecule has 2 aliphatic heterocycles. The fraction of sp³-hybridized carbons (Fsp3) is 0.478. The van der Waals surface area contributed by atoms with Gasteiger partial charge in [-0.05, 0) is 61.5 Å². The van der Waals surface area contributed by atoms with Gasteiger partial charge < -0.3 is 4.74 Å². The molecule has 1 atom stereocenters. The standard InChI is InChI=1S/C23H29FN2O/c1-27-21-9-7-19(8-10-21)15-26-14-12-23(18-26)11-4-13-25(17-23)16-20-5-2-3-6-22(20)24/h2-3,5-10H,4,11-18H2,1H3. The molecular formula is C23H29FN2O. The molecule has 0 N–H and O–H groups in total. The Kier molecular flexibility index (Phi) is 5.46. The Labute approximate surface area is 161 Å². The molecule has 0 aromatic heterocycles. The first-order valence-corrected chi connectivity index (χ1v) is 9.97. The molecule has 4 rings (SSSR count). The van der Waals surface area contributed by atoms with Crippen LogP contribution < -0.4 is 4.74 Å². The zero-order chi connectivity index (χ0) is 18.7. The zero-order valence-corrected chi connectivity index (χ0v) is 16.2. The fourth-order valence-electron chi connectivity index (χ4n) is 4.80. The quantitative estimate of drug-likeness (QED) is 0.782. The Morgan fingerprint density at radius 3 is 2.41 bits per heavy atom. The molecule has 27 heavy (non-hydrogen) atoms. The van der Waals surface area contributed by atoms with Gasteiger partial charge in [-0.15, -0.1) is 0 Å². The predicted molar refractivity (Wildman–Crippen MR) is 106 cm³/mol. The summed E-state index contributed by atoms with van der Waals surface area (Å²) in [5.41, 5.74) is 2.53. The summed E-state index contributed by atoms with van der Waals surface area (Å²) < 4.78 is 19.3. The summed E-state index contributed by atoms with van der Waals surface area (Å²) in [6, 6.07) is 15.6. The second-order valence-corrected chi connectivity index (χ2v) is 8.21. The van der Waals surface area contributed by atoms with E-state index in [4.69, 9.17) is 4.74 Å². The molecule has 2 aromatic rings. The summed E-state index contributed by atoms with van der Waals surface area (Å²) in [6.45, 7) is 6.19. The monoisotopic (exact) mass is 368 g/mol. The molecule has 0 bridgehead atoms. The number of hydrogen-bond donors (Lipinski definition) is 0. The number of methoxy groups -OCH3 is 1. The molecule has 144 valence electrons. The van der Waals surface area contributed by atoms with E-state index in [9.17, 15) is 4.39 Å². The van der Waals surface area contributed by atoms with Gasteiger partial charge in [0.1, 0.15) is 11.6 Å². The van der Waals surface area contributed by atoms with Crippen LogP contribution in [0.1, 0.15) is 30.4 Å². The van der Waals surface area contributed by atoms with E-state index in [0.29, 0.717) is 5.41 Å². The molecule has 1 spiro atoms. The first-order chi connectivity index (χ1) is 13.2. The van der Waals surface area contributed by atoms with Crippen LogP contribution in [0.15, 0.2) is 48.5 Å². The van der Waals surface area contributed by atoms with E-state index in [1.165, 1.54) is 24.8 Å². The lowest BCUT2D eigenvalue weighted by Gasteiger charge is -2.40. The maximum atomic E-state index is 14.0. The highest BCUT2D eigenvalue weighted by atomic mass is 19.1. The van der Waals surface area contributed by atoms with Crippen LogP contribution in [0, 0.1) is 11.2 Å². The maximum absolute atomic E-state index is 14.0. The third-order valence-corrected chi connectivity index (χ3v) is 6.17. The second-order valence-electron chi connectivity index (χ2n) is 8.21. The Morgan fingerprint density at radius 1 is 0.926 bits per heavy atom. The Morgan fingerprint density at radius 2 is 1.67 bits per heavy atom. The summed E-state index contributed by atoms with van der Waals surface area (Å²) in [6.07, 6.45) is 3.75. The Bertz CT molecular complexity index is 763. The highest BCUT2D eigenvalue weighted by molar-refractivity contribution is 5.27. The largest absolute Gasteiger partial charge is 0.497 e. The van der Waals surface area contributed by atoms with Gasteiger partial charge in [0.25, 0.3) is 0 Å². The van der Waals surface area contributed by atoms with Crippen molar-refractivity contribution in [1.82, 2.24) is 9.80 Å². The average molecular weight is 368 g/mol. The molecular weight excluding hydrogens is 339 g/mol. The number of halogens is 1. The number of hydrogen-bond acceptors (Lipinski definition) is 3. The van der Waals surface area contributed by atoms with E-state index < -0.39 is 0 Å². The van der Waals surface area contributed by atoms with Crippen LogP contribution in [0.5, 0.6) is 5.75 Å². The van der Waals surface area contributed by atoms with E-state index in [1.54, 1.807) is 19.2 Å². The molecule has 2 aliphatic rings. The molecule has 3 nitrogen and oxygen atoms in total. The highest BCUT2D eigenvalue weighted by Crippen LogP contribution is 2.40. The minimum atomic E-state index is -0.0790. The lowest BCUT2D eigenvalue weighted by Crippen LogP contribution is -2.44. The molecule has 0 saturated carbocycles. The van der Waals surface area contributed by atoms with Crippen LogP contribution in [-0.2, 0) is 13.1 Å². The van der Waals surface area contributed by atoms with Gasteiger partial charge in [0.05, 0.1) is 7.11 Å². The lowest BCUT2D eigenvalue weighted by atomic mass is 9.79. The number of benzene rings is 2. The van der Waals surface area contributed by atoms with E-state index in [-0.39, 0.29) is 5.82 Å². The normalized spacial score (nSPS) is 23.8. The highest BCUT2D eigenvalue weighted by Gasteiger charge is 2.41. The van der Waals surface area contributed by atoms with Gasteiger partial charge in [-0.3, -0.25) is 9.80 Å². The van der Waals surface area contributed by atoms with Crippen LogP contribution in [0.4, 0.5) is 4.39 Å². The minimum Gasteiger partial charge on any atom is -0.497 e. The predicted octanol–water partition coefficient (Wildman–Crippen LogP) is 4.32. The van der Waals surface area contributed by atoms with Crippen molar-refractivity contribution in [2.75, 3.05) is 33.3 Å². The van der Waals surface area contributed by atoms with E-state index >= 15 is 0 Å². The summed E-state index contributed by atoms with van der Waals surface area (Å²) >= 11 is 0. The van der Waals surface area contributed by atoms with Gasteiger partial charge >= 0.3 is 0 Å². The molecule has 0 aliphatic carbocycles. The minimum absolute atomic E-state index is 0.0790. The van der Waals surface area contributed by atoms with Crippen molar-refractivity contribution in [1.29, 1.82) is 0 Å². The molecule has 2 fully saturated rings. The van der Waals surface area contributed by atoms with Crippen molar-refractivity contribution in [3.63, 3.8) is 0 Å². The molecule has 4 heteroatoms. The van der Waals surface area contributed by atoms with E-state index in [0.717, 1.165) is 50.6 Å². The van der Waals surface area contributed by atoms with Crippen molar-refractivity contribution in [3.05, 3.63) is 65.5 Å². The number of ether oxygens (including phenoxy) is 1. The number of nitrogens with zero attached hydrogens (tertiary/aromatic N) is 2. The smallest absolute Gasteiger partial charge is 0.127 e. The van der Waals surface area contributed by atoms with Crippen molar-refractivity contribution >= 4 is 0 Å². The third kappa shape index (κ3) is 4.33. The summed E-state index contributed by atoms with van der Waals surface area (Å²) in [5, 5.41) is 0. The van der Waals surface area contributed by atoms with E-state index in [1.807, 2.05) is 24.3 Å². The molecule has 1 unspecified atom stereocenters. The van der Waals surface area contributed by atoms with Crippen molar-refractivity contribution in [2.45, 2.75) is 32.4 Å². The molecule has 0 amide bonds. The first-order valence-electron chi connectivity index (χ1n) is 9.97. The second kappa shape index (κ2) is 7.99. The fourth-order valence-corrected chi connectivity index (χ4v) is 4.80. The van der Waals surface area contributed by atoms with Crippen molar-refractivity contribution in [3.8, 4) is 5.75 Å². The van der Waals surface area contributed by atoms with Gasteiger partial charge in [-0.1, -0.05) is 30.3 Å². The molecule has 2 heterocycles. The zero-order valence-electron chi connectivity index (χ0n) is 16.2. The van der Waals surface area contributed by atoms with Crippen LogP contribution in [-0.4, -0.2) is 43.1 Å². The molecule has 0 radical (unpaired) electrons. The Balaban J connectivity index is 1.36. The van der Waals surface area contributed by atoms with Gasteiger partial charge in [0.2, 0.25) is 0 Å². The maximum Gasteiger partial charge on any atom is 0.127 e. The number of piperidine rings is 1. The van der Waals surface area contributed by atoms with E-state index in [2.05, 4.69) is 21.9 Å². The van der Waals surface area contributed by atoms with Crippen LogP contribution >= 0.6 is 0 Å². The third-order valence-electron chi connectivity index (χ3n) is 6.17. The van der Waals surface area contributed by atoms with Crippen LogP contribution in [0.3, 0.4) is 0 Å². The summed E-state index contributed by atoms with van der Waals surface area (Å²) in [4.78, 5) is 5.03. The van der Waals surface area contributed by atoms with Crippen LogP contribution in [0.25, 0.3) is 0 Å². The van der Waals surface area contributed by atoms with Gasteiger partial charge in [-0.25, -0.2) is 4.39 Å². The SMILES string of the molecule is COc1ccc(CN2CCC3(CCCN(Cc4ccccc4F)C3)C2)cc1. The first kappa shape index (κ1) is 18.5. The number of rotatable bonds is 5.